The van der Waals surface area contributed by atoms with Crippen LogP contribution in [0.5, 0.6) is 0 Å². The van der Waals surface area contributed by atoms with Gasteiger partial charge in [-0.05, 0) is 92.0 Å². The lowest BCUT2D eigenvalue weighted by molar-refractivity contribution is -0.117. The minimum Gasteiger partial charge on any atom is -0.369 e. The van der Waals surface area contributed by atoms with Crippen LogP contribution in [0.3, 0.4) is 0 Å². The number of fused-ring (bicyclic) bond motifs is 1. The van der Waals surface area contributed by atoms with Gasteiger partial charge in [-0.1, -0.05) is 30.3 Å². The molecule has 0 aliphatic carbocycles. The van der Waals surface area contributed by atoms with Crippen LogP contribution in [0.1, 0.15) is 49.1 Å². The van der Waals surface area contributed by atoms with Crippen LogP contribution >= 0.6 is 0 Å². The molecule has 2 aliphatic rings. The first-order valence-electron chi connectivity index (χ1n) is 13.1. The van der Waals surface area contributed by atoms with Crippen LogP contribution in [0.25, 0.3) is 22.0 Å². The first-order valence-corrected chi connectivity index (χ1v) is 14.7. The Hall–Kier alpha value is -2.68. The lowest BCUT2D eigenvalue weighted by atomic mass is 9.88. The number of hydrogen-bond acceptors (Lipinski definition) is 4. The first-order chi connectivity index (χ1) is 17.4. The largest absolute Gasteiger partial charge is 0.369 e. The SMILES string of the molecule is NC(=O)Cc1cc(-c2ccccc2)cc2c(C3CCN(S(=O)(=O)CCCN4CCCC4)CC3)c[nH]c12. The second-order valence-corrected chi connectivity index (χ2v) is 12.3. The Morgan fingerprint density at radius 2 is 1.72 bits per heavy atom. The Kier molecular flexibility index (Phi) is 7.46. The second kappa shape index (κ2) is 10.7. The fourth-order valence-electron chi connectivity index (χ4n) is 5.84. The van der Waals surface area contributed by atoms with Gasteiger partial charge in [-0.15, -0.1) is 0 Å². The molecule has 36 heavy (non-hydrogen) atoms. The van der Waals surface area contributed by atoms with Crippen LogP contribution in [-0.4, -0.2) is 67.0 Å². The van der Waals surface area contributed by atoms with E-state index in [0.717, 1.165) is 60.1 Å². The highest BCUT2D eigenvalue weighted by molar-refractivity contribution is 7.89. The van der Waals surface area contributed by atoms with Crippen molar-refractivity contribution in [1.29, 1.82) is 0 Å². The molecule has 2 aromatic carbocycles. The summed E-state index contributed by atoms with van der Waals surface area (Å²) in [6.07, 6.45) is 6.95. The number of hydrogen-bond donors (Lipinski definition) is 2. The molecule has 7 nitrogen and oxygen atoms in total. The van der Waals surface area contributed by atoms with E-state index in [1.54, 1.807) is 4.31 Å². The molecular weight excluding hydrogens is 472 g/mol. The van der Waals surface area contributed by atoms with E-state index in [4.69, 9.17) is 5.73 Å². The van der Waals surface area contributed by atoms with Crippen LogP contribution in [0.15, 0.2) is 48.7 Å². The van der Waals surface area contributed by atoms with E-state index < -0.39 is 10.0 Å². The number of piperidine rings is 1. The van der Waals surface area contributed by atoms with Gasteiger partial charge in [0.05, 0.1) is 12.2 Å². The molecule has 2 saturated heterocycles. The van der Waals surface area contributed by atoms with Crippen molar-refractivity contribution in [2.24, 2.45) is 5.73 Å². The fourth-order valence-corrected chi connectivity index (χ4v) is 7.36. The number of H-pyrrole nitrogens is 1. The van der Waals surface area contributed by atoms with Crippen molar-refractivity contribution in [3.63, 3.8) is 0 Å². The van der Waals surface area contributed by atoms with E-state index in [1.807, 2.05) is 30.5 Å². The Balaban J connectivity index is 1.32. The molecule has 5 rings (SSSR count). The Labute approximate surface area is 213 Å². The van der Waals surface area contributed by atoms with Crippen molar-refractivity contribution in [1.82, 2.24) is 14.2 Å². The van der Waals surface area contributed by atoms with Crippen molar-refractivity contribution in [3.05, 3.63) is 59.8 Å². The van der Waals surface area contributed by atoms with Crippen LogP contribution in [0, 0.1) is 0 Å². The van der Waals surface area contributed by atoms with E-state index in [-0.39, 0.29) is 24.0 Å². The third-order valence-corrected chi connectivity index (χ3v) is 9.69. The molecule has 0 unspecified atom stereocenters. The molecule has 1 aromatic heterocycles. The molecule has 1 amide bonds. The molecule has 3 heterocycles. The van der Waals surface area contributed by atoms with Crippen LogP contribution in [0.4, 0.5) is 0 Å². The normalized spacial score (nSPS) is 18.2. The van der Waals surface area contributed by atoms with Gasteiger partial charge in [0.1, 0.15) is 0 Å². The van der Waals surface area contributed by atoms with E-state index >= 15 is 0 Å². The molecule has 3 N–H and O–H groups in total. The van der Waals surface area contributed by atoms with E-state index in [9.17, 15) is 13.2 Å². The van der Waals surface area contributed by atoms with Gasteiger partial charge >= 0.3 is 0 Å². The summed E-state index contributed by atoms with van der Waals surface area (Å²) in [7, 11) is -3.23. The first kappa shape index (κ1) is 25.0. The summed E-state index contributed by atoms with van der Waals surface area (Å²) in [6.45, 7) is 4.18. The van der Waals surface area contributed by atoms with Gasteiger partial charge in [0.2, 0.25) is 15.9 Å². The van der Waals surface area contributed by atoms with Gasteiger partial charge in [0.15, 0.2) is 0 Å². The van der Waals surface area contributed by atoms with Crippen molar-refractivity contribution in [2.75, 3.05) is 38.5 Å². The summed E-state index contributed by atoms with van der Waals surface area (Å²) < 4.78 is 27.6. The molecule has 3 aromatic rings. The summed E-state index contributed by atoms with van der Waals surface area (Å²) in [5.74, 6) is 0.140. The van der Waals surface area contributed by atoms with Crippen LogP contribution in [-0.2, 0) is 21.2 Å². The third-order valence-electron chi connectivity index (χ3n) is 7.74. The highest BCUT2D eigenvalue weighted by Gasteiger charge is 2.30. The number of carbonyl (C=O) groups excluding carboxylic acids is 1. The van der Waals surface area contributed by atoms with Crippen molar-refractivity contribution >= 4 is 26.8 Å². The summed E-state index contributed by atoms with van der Waals surface area (Å²) >= 11 is 0. The third kappa shape index (κ3) is 5.51. The summed E-state index contributed by atoms with van der Waals surface area (Å²) in [4.78, 5) is 17.6. The van der Waals surface area contributed by atoms with E-state index in [0.29, 0.717) is 19.5 Å². The van der Waals surface area contributed by atoms with Crippen molar-refractivity contribution in [3.8, 4) is 11.1 Å². The van der Waals surface area contributed by atoms with Crippen molar-refractivity contribution < 1.29 is 13.2 Å². The van der Waals surface area contributed by atoms with Crippen LogP contribution < -0.4 is 5.73 Å². The Morgan fingerprint density at radius 1 is 1.00 bits per heavy atom. The average molecular weight is 509 g/mol. The molecule has 8 heteroatoms. The number of nitrogens with zero attached hydrogens (tertiary/aromatic N) is 2. The maximum absolute atomic E-state index is 13.0. The minimum atomic E-state index is -3.23. The summed E-state index contributed by atoms with van der Waals surface area (Å²) in [6, 6.07) is 14.4. The zero-order chi connectivity index (χ0) is 25.1. The molecule has 0 spiro atoms. The predicted octanol–water partition coefficient (Wildman–Crippen LogP) is 3.86. The van der Waals surface area contributed by atoms with Gasteiger partial charge in [-0.25, -0.2) is 12.7 Å². The number of aromatic amines is 1. The average Bonchev–Trinajstić information content (AvgIpc) is 3.54. The lowest BCUT2D eigenvalue weighted by Gasteiger charge is -2.31. The van der Waals surface area contributed by atoms with Crippen molar-refractivity contribution in [2.45, 2.75) is 44.4 Å². The standard InChI is InChI=1S/C28H36N4O3S/c29-27(33)19-24-17-23(21-7-2-1-3-8-21)18-25-26(20-30-28(24)25)22-9-14-32(15-10-22)36(34,35)16-6-13-31-11-4-5-12-31/h1-3,7-8,17-18,20,22,30H,4-6,9-16,19H2,(H2,29,33). The topological polar surface area (TPSA) is 99.5 Å². The molecule has 0 saturated carbocycles. The number of carbonyl (C=O) groups is 1. The highest BCUT2D eigenvalue weighted by Crippen LogP contribution is 2.37. The number of benzene rings is 2. The number of rotatable bonds is 9. The Bertz CT molecular complexity index is 1310. The molecule has 0 bridgehead atoms. The number of primary amides is 1. The molecule has 2 aliphatic heterocycles. The zero-order valence-electron chi connectivity index (χ0n) is 20.8. The van der Waals surface area contributed by atoms with Gasteiger partial charge < -0.3 is 15.6 Å². The predicted molar refractivity (Wildman–Crippen MR) is 144 cm³/mol. The number of aromatic nitrogens is 1. The van der Waals surface area contributed by atoms with Gasteiger partial charge in [0.25, 0.3) is 0 Å². The molecule has 192 valence electrons. The van der Waals surface area contributed by atoms with E-state index in [1.165, 1.54) is 18.4 Å². The molecule has 2 fully saturated rings. The zero-order valence-corrected chi connectivity index (χ0v) is 21.6. The smallest absolute Gasteiger partial charge is 0.221 e. The molecule has 0 radical (unpaired) electrons. The summed E-state index contributed by atoms with van der Waals surface area (Å²) in [5.41, 5.74) is 10.7. The van der Waals surface area contributed by atoms with Gasteiger partial charge in [-0.2, -0.15) is 0 Å². The minimum absolute atomic E-state index is 0.172. The second-order valence-electron chi connectivity index (χ2n) is 10.2. The quantitative estimate of drug-likeness (QED) is 0.458. The maximum atomic E-state index is 13.0. The van der Waals surface area contributed by atoms with Gasteiger partial charge in [-0.3, -0.25) is 4.79 Å². The van der Waals surface area contributed by atoms with Gasteiger partial charge in [0, 0.05) is 30.2 Å². The van der Waals surface area contributed by atoms with Crippen LogP contribution in [0.2, 0.25) is 0 Å². The van der Waals surface area contributed by atoms with E-state index in [2.05, 4.69) is 28.1 Å². The monoisotopic (exact) mass is 508 g/mol. The fraction of sp³-hybridized carbons (Fsp3) is 0.464. The number of likely N-dealkylation sites (tertiary alicyclic amines) is 1. The summed E-state index contributed by atoms with van der Waals surface area (Å²) in [5, 5.41) is 1.10. The highest BCUT2D eigenvalue weighted by atomic mass is 32.2. The molecular formula is C28H36N4O3S. The number of nitrogens with two attached hydrogens (primary N) is 1. The number of nitrogens with one attached hydrogen (secondary N) is 1. The maximum Gasteiger partial charge on any atom is 0.221 e. The number of amides is 1. The number of sulfonamides is 1. The molecule has 0 atom stereocenters. The lowest BCUT2D eigenvalue weighted by Crippen LogP contribution is -2.39. The Morgan fingerprint density at radius 3 is 2.42 bits per heavy atom.